The van der Waals surface area contributed by atoms with E-state index in [9.17, 15) is 0 Å². The van der Waals surface area contributed by atoms with Crippen LogP contribution in [0.25, 0.3) is 0 Å². The summed E-state index contributed by atoms with van der Waals surface area (Å²) in [5, 5.41) is 3.69. The summed E-state index contributed by atoms with van der Waals surface area (Å²) in [5.41, 5.74) is 5.10. The normalized spacial score (nSPS) is 17.0. The van der Waals surface area contributed by atoms with Crippen LogP contribution in [0.3, 0.4) is 0 Å². The molecule has 0 saturated heterocycles. The van der Waals surface area contributed by atoms with Gasteiger partial charge in [-0.2, -0.15) is 0 Å². The Morgan fingerprint density at radius 3 is 2.36 bits per heavy atom. The molecule has 1 atom stereocenters. The highest BCUT2D eigenvalue weighted by Gasteiger charge is 2.26. The van der Waals surface area contributed by atoms with Gasteiger partial charge in [-0.05, 0) is 56.8 Å². The van der Waals surface area contributed by atoms with Crippen LogP contribution >= 0.6 is 0 Å². The van der Waals surface area contributed by atoms with Crippen molar-refractivity contribution in [1.82, 2.24) is 4.90 Å². The number of nitrogens with zero attached hydrogens (tertiary/aromatic N) is 1. The van der Waals surface area contributed by atoms with Crippen molar-refractivity contribution < 1.29 is 0 Å². The Labute approximate surface area is 151 Å². The molecule has 2 nitrogen and oxygen atoms in total. The van der Waals surface area contributed by atoms with Crippen molar-refractivity contribution in [3.8, 4) is 0 Å². The van der Waals surface area contributed by atoms with E-state index in [0.29, 0.717) is 5.92 Å². The van der Waals surface area contributed by atoms with Gasteiger partial charge in [0.05, 0.1) is 5.54 Å². The van der Waals surface area contributed by atoms with E-state index >= 15 is 0 Å². The Balaban J connectivity index is 1.89. The first-order valence-electron chi connectivity index (χ1n) is 8.92. The van der Waals surface area contributed by atoms with Crippen LogP contribution in [0.4, 0.5) is 5.69 Å². The molecule has 2 heteroatoms. The van der Waals surface area contributed by atoms with E-state index in [-0.39, 0.29) is 5.54 Å². The zero-order valence-electron chi connectivity index (χ0n) is 15.7. The van der Waals surface area contributed by atoms with Gasteiger partial charge in [0, 0.05) is 18.2 Å². The third-order valence-corrected chi connectivity index (χ3v) is 4.63. The molecule has 1 N–H and O–H groups in total. The van der Waals surface area contributed by atoms with Crippen LogP contribution in [0.15, 0.2) is 78.4 Å². The van der Waals surface area contributed by atoms with E-state index in [4.69, 9.17) is 0 Å². The molecule has 0 heterocycles. The molecule has 1 aliphatic rings. The van der Waals surface area contributed by atoms with Gasteiger partial charge in [0.15, 0.2) is 0 Å². The van der Waals surface area contributed by atoms with Gasteiger partial charge >= 0.3 is 0 Å². The topological polar surface area (TPSA) is 15.3 Å². The minimum atomic E-state index is -0.149. The molecule has 0 spiro atoms. The Morgan fingerprint density at radius 1 is 0.960 bits per heavy atom. The maximum atomic E-state index is 3.69. The second-order valence-corrected chi connectivity index (χ2v) is 7.57. The van der Waals surface area contributed by atoms with Crippen molar-refractivity contribution in [2.75, 3.05) is 26.0 Å². The van der Waals surface area contributed by atoms with Crippen LogP contribution in [0.1, 0.15) is 30.9 Å². The van der Waals surface area contributed by atoms with Crippen molar-refractivity contribution in [3.05, 3.63) is 89.5 Å². The van der Waals surface area contributed by atoms with Crippen LogP contribution < -0.4 is 5.32 Å². The zero-order chi connectivity index (χ0) is 17.9. The van der Waals surface area contributed by atoms with Crippen molar-refractivity contribution >= 4 is 5.69 Å². The first-order chi connectivity index (χ1) is 12.0. The predicted molar refractivity (Wildman–Crippen MR) is 108 cm³/mol. The maximum Gasteiger partial charge on any atom is 0.0572 e. The number of rotatable bonds is 6. The minimum Gasteiger partial charge on any atom is -0.376 e. The molecule has 0 aromatic heterocycles. The standard InChI is InChI=1S/C23H28N2/c1-23(2,24-20-10-6-5-7-11-20)22-13-9-8-12-21(22)19-15-14-18(16-19)17-25(3)4/h5-16,19,24H,17H2,1-4H3. The fraction of sp³-hybridized carbons (Fsp3) is 0.304. The third-order valence-electron chi connectivity index (χ3n) is 4.63. The SMILES string of the molecule is CN(C)CC1=CC(c2ccccc2C(C)(C)Nc2ccccc2)C=C1. The van der Waals surface area contributed by atoms with Gasteiger partial charge in [-0.15, -0.1) is 0 Å². The molecule has 3 rings (SSSR count). The number of hydrogen-bond acceptors (Lipinski definition) is 2. The van der Waals surface area contributed by atoms with E-state index in [1.807, 2.05) is 6.07 Å². The zero-order valence-corrected chi connectivity index (χ0v) is 15.7. The molecule has 0 radical (unpaired) electrons. The van der Waals surface area contributed by atoms with Gasteiger partial charge < -0.3 is 10.2 Å². The number of nitrogens with one attached hydrogen (secondary N) is 1. The summed E-state index contributed by atoms with van der Waals surface area (Å²) in [6.45, 7) is 5.49. The maximum absolute atomic E-state index is 3.69. The Hall–Kier alpha value is -2.32. The first-order valence-corrected chi connectivity index (χ1v) is 8.92. The van der Waals surface area contributed by atoms with Crippen molar-refractivity contribution in [2.24, 2.45) is 0 Å². The molecule has 0 saturated carbocycles. The predicted octanol–water partition coefficient (Wildman–Crippen LogP) is 5.18. The molecule has 2 aromatic rings. The van der Waals surface area contributed by atoms with Gasteiger partial charge in [0.25, 0.3) is 0 Å². The Bertz CT molecular complexity index is 770. The Kier molecular flexibility index (Phi) is 5.10. The minimum absolute atomic E-state index is 0.149. The smallest absolute Gasteiger partial charge is 0.0572 e. The molecular formula is C23H28N2. The molecule has 0 amide bonds. The lowest BCUT2D eigenvalue weighted by atomic mass is 9.84. The number of allylic oxidation sites excluding steroid dienone is 2. The summed E-state index contributed by atoms with van der Waals surface area (Å²) in [7, 11) is 4.23. The average molecular weight is 332 g/mol. The quantitative estimate of drug-likeness (QED) is 0.784. The van der Waals surface area contributed by atoms with E-state index in [2.05, 4.69) is 105 Å². The van der Waals surface area contributed by atoms with Crippen LogP contribution in [0.5, 0.6) is 0 Å². The summed E-state index contributed by atoms with van der Waals surface area (Å²) in [6, 6.07) is 19.2. The van der Waals surface area contributed by atoms with Gasteiger partial charge in [-0.25, -0.2) is 0 Å². The number of anilines is 1. The van der Waals surface area contributed by atoms with E-state index in [1.165, 1.54) is 16.7 Å². The van der Waals surface area contributed by atoms with E-state index in [1.54, 1.807) is 0 Å². The second-order valence-electron chi connectivity index (χ2n) is 7.57. The molecular weight excluding hydrogens is 304 g/mol. The monoisotopic (exact) mass is 332 g/mol. The third kappa shape index (κ3) is 4.21. The van der Waals surface area contributed by atoms with Crippen molar-refractivity contribution in [2.45, 2.75) is 25.3 Å². The number of likely N-dealkylation sites (N-methyl/N-ethyl adjacent to an activating group) is 1. The summed E-state index contributed by atoms with van der Waals surface area (Å²) in [5.74, 6) is 0.350. The summed E-state index contributed by atoms with van der Waals surface area (Å²) >= 11 is 0. The van der Waals surface area contributed by atoms with Crippen LogP contribution in [-0.2, 0) is 5.54 Å². The van der Waals surface area contributed by atoms with E-state index in [0.717, 1.165) is 12.2 Å². The summed E-state index contributed by atoms with van der Waals surface area (Å²) < 4.78 is 0. The molecule has 0 fully saturated rings. The fourth-order valence-electron chi connectivity index (χ4n) is 3.54. The van der Waals surface area contributed by atoms with E-state index < -0.39 is 0 Å². The van der Waals surface area contributed by atoms with Crippen LogP contribution in [-0.4, -0.2) is 25.5 Å². The number of benzene rings is 2. The van der Waals surface area contributed by atoms with Crippen molar-refractivity contribution in [3.63, 3.8) is 0 Å². The molecule has 0 bridgehead atoms. The highest BCUT2D eigenvalue weighted by Crippen LogP contribution is 2.35. The average Bonchev–Trinajstić information content (AvgIpc) is 3.03. The van der Waals surface area contributed by atoms with Gasteiger partial charge in [-0.1, -0.05) is 60.7 Å². The lowest BCUT2D eigenvalue weighted by Gasteiger charge is -2.31. The highest BCUT2D eigenvalue weighted by molar-refractivity contribution is 5.51. The fourth-order valence-corrected chi connectivity index (χ4v) is 3.54. The Morgan fingerprint density at radius 2 is 1.64 bits per heavy atom. The largest absolute Gasteiger partial charge is 0.376 e. The molecule has 0 aliphatic heterocycles. The van der Waals surface area contributed by atoms with Gasteiger partial charge in [0.1, 0.15) is 0 Å². The number of para-hydroxylation sites is 1. The highest BCUT2D eigenvalue weighted by atomic mass is 15.0. The van der Waals surface area contributed by atoms with Crippen LogP contribution in [0, 0.1) is 0 Å². The molecule has 25 heavy (non-hydrogen) atoms. The second kappa shape index (κ2) is 7.28. The molecule has 1 aliphatic carbocycles. The summed E-state index contributed by atoms with van der Waals surface area (Å²) in [4.78, 5) is 2.21. The molecule has 2 aromatic carbocycles. The lowest BCUT2D eigenvalue weighted by Crippen LogP contribution is -2.29. The van der Waals surface area contributed by atoms with Gasteiger partial charge in [-0.3, -0.25) is 0 Å². The molecule has 1 unspecified atom stereocenters. The lowest BCUT2D eigenvalue weighted by molar-refractivity contribution is 0.449. The van der Waals surface area contributed by atoms with Gasteiger partial charge in [0.2, 0.25) is 0 Å². The summed E-state index contributed by atoms with van der Waals surface area (Å²) in [6.07, 6.45) is 6.97. The first kappa shape index (κ1) is 17.5. The molecule has 130 valence electrons. The van der Waals surface area contributed by atoms with Crippen LogP contribution in [0.2, 0.25) is 0 Å². The number of hydrogen-bond donors (Lipinski definition) is 1. The van der Waals surface area contributed by atoms with Crippen molar-refractivity contribution in [1.29, 1.82) is 0 Å².